The molecule has 1 saturated carbocycles. The lowest BCUT2D eigenvalue weighted by Gasteiger charge is -2.23. The van der Waals surface area contributed by atoms with Crippen LogP contribution < -0.4 is 10.6 Å². The number of aliphatic carboxylic acids is 1. The molecule has 1 fully saturated rings. The Bertz CT molecular complexity index is 489. The molecule has 0 bridgehead atoms. The summed E-state index contributed by atoms with van der Waals surface area (Å²) in [6.45, 7) is 5.50. The topological polar surface area (TPSA) is 122 Å². The average Bonchev–Trinajstić information content (AvgIpc) is 2.39. The molecule has 1 rings (SSSR count). The number of hydrogen-bond donors (Lipinski definition) is 3. The highest BCUT2D eigenvalue weighted by molar-refractivity contribution is 5.96. The number of Topliss-reactive ketones (excluding diaryl/α,β-unsaturated/α-hetero) is 1. The van der Waals surface area contributed by atoms with Crippen LogP contribution >= 0.6 is 0 Å². The summed E-state index contributed by atoms with van der Waals surface area (Å²) in [5, 5.41) is 14.2. The van der Waals surface area contributed by atoms with E-state index < -0.39 is 23.7 Å². The Kier molecular flexibility index (Phi) is 7.18. The van der Waals surface area contributed by atoms with Crippen LogP contribution in [0, 0.1) is 5.92 Å². The maximum Gasteiger partial charge on any atom is 0.408 e. The molecule has 2 amide bonds. The zero-order chi connectivity index (χ0) is 18.3. The summed E-state index contributed by atoms with van der Waals surface area (Å²) >= 11 is 0. The predicted molar refractivity (Wildman–Crippen MR) is 85.4 cm³/mol. The molecule has 0 aromatic carbocycles. The van der Waals surface area contributed by atoms with Gasteiger partial charge in [-0.2, -0.15) is 0 Å². The summed E-state index contributed by atoms with van der Waals surface area (Å²) in [6.07, 6.45) is 1.21. The molecule has 0 radical (unpaired) electrons. The first-order valence-electron chi connectivity index (χ1n) is 8.10. The van der Waals surface area contributed by atoms with Crippen LogP contribution in [-0.2, 0) is 19.1 Å². The highest BCUT2D eigenvalue weighted by atomic mass is 16.6. The molecule has 1 aliphatic rings. The molecule has 0 saturated heterocycles. The molecule has 0 aliphatic heterocycles. The van der Waals surface area contributed by atoms with Crippen molar-refractivity contribution in [3.8, 4) is 0 Å². The van der Waals surface area contributed by atoms with Crippen LogP contribution in [-0.4, -0.2) is 47.0 Å². The van der Waals surface area contributed by atoms with Gasteiger partial charge in [-0.1, -0.05) is 0 Å². The second-order valence-electron chi connectivity index (χ2n) is 6.97. The third kappa shape index (κ3) is 7.43. The lowest BCUT2D eigenvalue weighted by molar-refractivity contribution is -0.139. The van der Waals surface area contributed by atoms with Crippen molar-refractivity contribution in [3.05, 3.63) is 0 Å². The minimum atomic E-state index is -1.13. The van der Waals surface area contributed by atoms with E-state index in [-0.39, 0.29) is 24.0 Å². The first-order chi connectivity index (χ1) is 11.1. The van der Waals surface area contributed by atoms with E-state index in [1.54, 1.807) is 20.8 Å². The van der Waals surface area contributed by atoms with Crippen LogP contribution in [0.3, 0.4) is 0 Å². The van der Waals surface area contributed by atoms with Gasteiger partial charge in [0.25, 0.3) is 0 Å². The Labute approximate surface area is 141 Å². The van der Waals surface area contributed by atoms with Crippen molar-refractivity contribution in [3.63, 3.8) is 0 Å². The minimum absolute atomic E-state index is 0.104. The predicted octanol–water partition coefficient (Wildman–Crippen LogP) is 1.23. The van der Waals surface area contributed by atoms with E-state index in [0.717, 1.165) is 0 Å². The molecule has 0 heterocycles. The van der Waals surface area contributed by atoms with E-state index >= 15 is 0 Å². The molecular formula is C16H26N2O6. The van der Waals surface area contributed by atoms with E-state index in [0.29, 0.717) is 32.2 Å². The Morgan fingerprint density at radius 1 is 1.25 bits per heavy atom. The van der Waals surface area contributed by atoms with Gasteiger partial charge in [0, 0.05) is 19.4 Å². The van der Waals surface area contributed by atoms with Crippen LogP contribution in [0.5, 0.6) is 0 Å². The van der Waals surface area contributed by atoms with Gasteiger partial charge in [0.1, 0.15) is 17.4 Å². The second-order valence-corrected chi connectivity index (χ2v) is 6.97. The molecule has 136 valence electrons. The molecular weight excluding hydrogens is 316 g/mol. The number of nitrogens with one attached hydrogen (secondary N) is 2. The number of alkyl carbamates (subject to hydrolysis) is 1. The molecule has 1 unspecified atom stereocenters. The van der Waals surface area contributed by atoms with Gasteiger partial charge in [0.05, 0.1) is 5.92 Å². The summed E-state index contributed by atoms with van der Waals surface area (Å²) in [7, 11) is 0. The van der Waals surface area contributed by atoms with Crippen LogP contribution in [0.25, 0.3) is 0 Å². The molecule has 8 heteroatoms. The van der Waals surface area contributed by atoms with Gasteiger partial charge in [0.15, 0.2) is 0 Å². The Morgan fingerprint density at radius 2 is 1.88 bits per heavy atom. The Balaban J connectivity index is 2.21. The van der Waals surface area contributed by atoms with E-state index in [4.69, 9.17) is 9.84 Å². The summed E-state index contributed by atoms with van der Waals surface area (Å²) < 4.78 is 5.03. The van der Waals surface area contributed by atoms with Gasteiger partial charge in [0.2, 0.25) is 5.91 Å². The van der Waals surface area contributed by atoms with Crippen molar-refractivity contribution < 1.29 is 29.0 Å². The number of rotatable bonds is 8. The van der Waals surface area contributed by atoms with Crippen LogP contribution in [0.1, 0.15) is 52.9 Å². The molecule has 0 aromatic heterocycles. The normalized spacial score (nSPS) is 16.0. The van der Waals surface area contributed by atoms with Crippen molar-refractivity contribution in [2.75, 3.05) is 6.54 Å². The largest absolute Gasteiger partial charge is 0.480 e. The third-order valence-electron chi connectivity index (χ3n) is 3.53. The number of carboxylic acids is 1. The van der Waals surface area contributed by atoms with Gasteiger partial charge in [-0.25, -0.2) is 9.59 Å². The van der Waals surface area contributed by atoms with Gasteiger partial charge in [-0.05, 0) is 40.0 Å². The highest BCUT2D eigenvalue weighted by Gasteiger charge is 2.32. The van der Waals surface area contributed by atoms with E-state index in [2.05, 4.69) is 10.6 Å². The summed E-state index contributed by atoms with van der Waals surface area (Å²) in [5.74, 6) is -1.36. The minimum Gasteiger partial charge on any atom is -0.480 e. The molecule has 24 heavy (non-hydrogen) atoms. The van der Waals surface area contributed by atoms with Crippen LogP contribution in [0.2, 0.25) is 0 Å². The van der Waals surface area contributed by atoms with Crippen molar-refractivity contribution in [2.45, 2.75) is 64.5 Å². The summed E-state index contributed by atoms with van der Waals surface area (Å²) in [4.78, 5) is 45.2. The Morgan fingerprint density at radius 3 is 2.38 bits per heavy atom. The second kappa shape index (κ2) is 8.65. The number of carboxylic acid groups (broad SMARTS) is 1. The van der Waals surface area contributed by atoms with Crippen molar-refractivity contribution in [1.29, 1.82) is 0 Å². The number of amides is 2. The standard InChI is InChI=1S/C16H26N2O6/c1-16(2,3)24-15(23)18-12(14(21)22)6-4-5-7-17-13(20)10-8-11(19)9-10/h10,12H,4-9H2,1-3H3,(H,17,20)(H,18,23)(H,21,22). The fourth-order valence-corrected chi connectivity index (χ4v) is 2.21. The van der Waals surface area contributed by atoms with Gasteiger partial charge in [-0.15, -0.1) is 0 Å². The highest BCUT2D eigenvalue weighted by Crippen LogP contribution is 2.22. The van der Waals surface area contributed by atoms with E-state index in [1.807, 2.05) is 0 Å². The lowest BCUT2D eigenvalue weighted by atomic mass is 9.83. The number of unbranched alkanes of at least 4 members (excludes halogenated alkanes) is 1. The fraction of sp³-hybridized carbons (Fsp3) is 0.750. The van der Waals surface area contributed by atoms with E-state index in [9.17, 15) is 19.2 Å². The molecule has 1 aliphatic carbocycles. The van der Waals surface area contributed by atoms with Crippen molar-refractivity contribution >= 4 is 23.8 Å². The zero-order valence-electron chi connectivity index (χ0n) is 14.4. The monoisotopic (exact) mass is 342 g/mol. The van der Waals surface area contributed by atoms with Gasteiger partial charge < -0.3 is 20.5 Å². The molecule has 8 nitrogen and oxygen atoms in total. The van der Waals surface area contributed by atoms with Crippen molar-refractivity contribution in [1.82, 2.24) is 10.6 Å². The SMILES string of the molecule is CC(C)(C)OC(=O)NC(CCCCNC(=O)C1CC(=O)C1)C(=O)O. The van der Waals surface area contributed by atoms with Gasteiger partial charge >= 0.3 is 12.1 Å². The summed E-state index contributed by atoms with van der Waals surface area (Å²) in [5.41, 5.74) is -0.694. The van der Waals surface area contributed by atoms with E-state index in [1.165, 1.54) is 0 Å². The Hall–Kier alpha value is -2.12. The average molecular weight is 342 g/mol. The number of ether oxygens (including phenoxy) is 1. The number of carbonyl (C=O) groups excluding carboxylic acids is 3. The quantitative estimate of drug-likeness (QED) is 0.570. The number of ketones is 1. The maximum absolute atomic E-state index is 11.6. The fourth-order valence-electron chi connectivity index (χ4n) is 2.21. The first kappa shape index (κ1) is 19.9. The van der Waals surface area contributed by atoms with Crippen LogP contribution in [0.4, 0.5) is 4.79 Å². The van der Waals surface area contributed by atoms with Gasteiger partial charge in [-0.3, -0.25) is 9.59 Å². The number of hydrogen-bond acceptors (Lipinski definition) is 5. The third-order valence-corrected chi connectivity index (χ3v) is 3.53. The summed E-state index contributed by atoms with van der Waals surface area (Å²) in [6, 6.07) is -1.03. The molecule has 1 atom stereocenters. The van der Waals surface area contributed by atoms with Crippen molar-refractivity contribution in [2.24, 2.45) is 5.92 Å². The zero-order valence-corrected chi connectivity index (χ0v) is 14.4. The molecule has 0 spiro atoms. The first-order valence-corrected chi connectivity index (χ1v) is 8.10. The number of carbonyl (C=O) groups is 4. The lowest BCUT2D eigenvalue weighted by Crippen LogP contribution is -2.43. The van der Waals surface area contributed by atoms with Crippen LogP contribution in [0.15, 0.2) is 0 Å². The maximum atomic E-state index is 11.6. The molecule has 3 N–H and O–H groups in total. The smallest absolute Gasteiger partial charge is 0.408 e. The molecule has 0 aromatic rings.